The second kappa shape index (κ2) is 8.50. The van der Waals surface area contributed by atoms with Gasteiger partial charge in [0.25, 0.3) is 0 Å². The molecule has 0 aliphatic carbocycles. The molecule has 0 unspecified atom stereocenters. The number of hydrogen-bond donors (Lipinski definition) is 0. The SMILES string of the molecule is Cc1cc(F)c(N2CCN(C(=O)CC(C)C)CC2)cc1SCC(F)(F)F. The van der Waals surface area contributed by atoms with Crippen LogP contribution in [0.15, 0.2) is 17.0 Å². The maximum atomic E-state index is 14.4. The summed E-state index contributed by atoms with van der Waals surface area (Å²) < 4.78 is 51.8. The summed E-state index contributed by atoms with van der Waals surface area (Å²) >= 11 is 0.670. The number of hydrogen-bond acceptors (Lipinski definition) is 3. The summed E-state index contributed by atoms with van der Waals surface area (Å²) in [6.45, 7) is 7.48. The van der Waals surface area contributed by atoms with E-state index in [9.17, 15) is 22.4 Å². The summed E-state index contributed by atoms with van der Waals surface area (Å²) in [7, 11) is 0. The fourth-order valence-electron chi connectivity index (χ4n) is 2.87. The van der Waals surface area contributed by atoms with Crippen molar-refractivity contribution in [3.05, 3.63) is 23.5 Å². The molecule has 0 atom stereocenters. The predicted octanol–water partition coefficient (Wildman–Crippen LogP) is 4.48. The molecular formula is C18H24F4N2OS. The summed E-state index contributed by atoms with van der Waals surface area (Å²) in [4.78, 5) is 16.1. The first kappa shape index (κ1) is 20.9. The Morgan fingerprint density at radius 1 is 1.19 bits per heavy atom. The van der Waals surface area contributed by atoms with Gasteiger partial charge in [0, 0.05) is 37.5 Å². The molecule has 0 bridgehead atoms. The highest BCUT2D eigenvalue weighted by Gasteiger charge is 2.28. The first-order chi connectivity index (χ1) is 12.1. The van der Waals surface area contributed by atoms with Gasteiger partial charge in [0.2, 0.25) is 5.91 Å². The second-order valence-corrected chi connectivity index (χ2v) is 7.96. The quantitative estimate of drug-likeness (QED) is 0.545. The normalized spacial score (nSPS) is 15.7. The molecule has 1 heterocycles. The number of carbonyl (C=O) groups excluding carboxylic acids is 1. The molecule has 1 aromatic rings. The van der Waals surface area contributed by atoms with Gasteiger partial charge in [-0.2, -0.15) is 13.2 Å². The van der Waals surface area contributed by atoms with E-state index in [1.165, 1.54) is 12.1 Å². The maximum Gasteiger partial charge on any atom is 0.398 e. The lowest BCUT2D eigenvalue weighted by Gasteiger charge is -2.36. The number of anilines is 1. The van der Waals surface area contributed by atoms with Gasteiger partial charge in [-0.15, -0.1) is 11.8 Å². The summed E-state index contributed by atoms with van der Waals surface area (Å²) in [6, 6.07) is 2.77. The van der Waals surface area contributed by atoms with Gasteiger partial charge in [0.15, 0.2) is 0 Å². The van der Waals surface area contributed by atoms with Crippen molar-refractivity contribution in [3.63, 3.8) is 0 Å². The maximum absolute atomic E-state index is 14.4. The van der Waals surface area contributed by atoms with Crippen molar-refractivity contribution in [2.75, 3.05) is 36.8 Å². The second-order valence-electron chi connectivity index (χ2n) is 6.94. The molecule has 1 aliphatic heterocycles. The van der Waals surface area contributed by atoms with Gasteiger partial charge in [-0.05, 0) is 30.5 Å². The third-order valence-electron chi connectivity index (χ3n) is 4.19. The summed E-state index contributed by atoms with van der Waals surface area (Å²) in [6.07, 6.45) is -3.79. The third-order valence-corrected chi connectivity index (χ3v) is 5.41. The smallest absolute Gasteiger partial charge is 0.366 e. The topological polar surface area (TPSA) is 23.6 Å². The zero-order valence-corrected chi connectivity index (χ0v) is 16.0. The van der Waals surface area contributed by atoms with E-state index in [0.29, 0.717) is 60.5 Å². The Hall–Kier alpha value is -1.44. The molecule has 0 spiro atoms. The number of piperazine rings is 1. The number of benzene rings is 1. The van der Waals surface area contributed by atoms with Gasteiger partial charge in [-0.1, -0.05) is 13.8 Å². The van der Waals surface area contributed by atoms with E-state index in [0.717, 1.165) is 0 Å². The minimum Gasteiger partial charge on any atom is -0.366 e. The van der Waals surface area contributed by atoms with Gasteiger partial charge >= 0.3 is 6.18 Å². The zero-order chi connectivity index (χ0) is 19.5. The average Bonchev–Trinajstić information content (AvgIpc) is 2.53. The van der Waals surface area contributed by atoms with Gasteiger partial charge < -0.3 is 9.80 Å². The Balaban J connectivity index is 2.06. The van der Waals surface area contributed by atoms with E-state index in [2.05, 4.69) is 0 Å². The molecule has 0 radical (unpaired) electrons. The van der Waals surface area contributed by atoms with Gasteiger partial charge in [-0.25, -0.2) is 4.39 Å². The lowest BCUT2D eigenvalue weighted by molar-refractivity contribution is -0.132. The van der Waals surface area contributed by atoms with Crippen LogP contribution in [0, 0.1) is 18.7 Å². The molecule has 2 rings (SSSR count). The van der Waals surface area contributed by atoms with Crippen molar-refractivity contribution in [2.24, 2.45) is 5.92 Å². The number of aryl methyl sites for hydroxylation is 1. The van der Waals surface area contributed by atoms with E-state index in [-0.39, 0.29) is 11.8 Å². The lowest BCUT2D eigenvalue weighted by atomic mass is 10.1. The zero-order valence-electron chi connectivity index (χ0n) is 15.2. The van der Waals surface area contributed by atoms with Crippen LogP contribution in [0.2, 0.25) is 0 Å². The van der Waals surface area contributed by atoms with Crippen molar-refractivity contribution < 1.29 is 22.4 Å². The highest BCUT2D eigenvalue weighted by molar-refractivity contribution is 7.99. The Morgan fingerprint density at radius 2 is 1.81 bits per heavy atom. The van der Waals surface area contributed by atoms with Crippen molar-refractivity contribution >= 4 is 23.4 Å². The van der Waals surface area contributed by atoms with Crippen LogP contribution < -0.4 is 4.90 Å². The minimum atomic E-state index is -4.27. The van der Waals surface area contributed by atoms with Crippen LogP contribution in [-0.4, -0.2) is 48.9 Å². The molecule has 3 nitrogen and oxygen atoms in total. The Kier molecular flexibility index (Phi) is 6.82. The standard InChI is InChI=1S/C18H24F4N2OS/c1-12(2)8-17(25)24-6-4-23(5-7-24)15-10-16(13(3)9-14(15)19)26-11-18(20,21)22/h9-10,12H,4-8,11H2,1-3H3. The Labute approximate surface area is 155 Å². The van der Waals surface area contributed by atoms with Crippen LogP contribution in [0.3, 0.4) is 0 Å². The molecule has 1 saturated heterocycles. The van der Waals surface area contributed by atoms with Crippen LogP contribution in [-0.2, 0) is 4.79 Å². The first-order valence-electron chi connectivity index (χ1n) is 8.59. The number of carbonyl (C=O) groups is 1. The number of nitrogens with zero attached hydrogens (tertiary/aromatic N) is 2. The molecule has 0 aromatic heterocycles. The Morgan fingerprint density at radius 3 is 2.35 bits per heavy atom. The lowest BCUT2D eigenvalue weighted by Crippen LogP contribution is -2.49. The molecule has 8 heteroatoms. The Bertz CT molecular complexity index is 641. The van der Waals surface area contributed by atoms with Crippen LogP contribution >= 0.6 is 11.8 Å². The fourth-order valence-corrected chi connectivity index (χ4v) is 3.68. The van der Waals surface area contributed by atoms with Crippen molar-refractivity contribution in [3.8, 4) is 0 Å². The minimum absolute atomic E-state index is 0.0884. The number of alkyl halides is 3. The van der Waals surface area contributed by atoms with E-state index < -0.39 is 17.7 Å². The highest BCUT2D eigenvalue weighted by Crippen LogP contribution is 2.34. The van der Waals surface area contributed by atoms with Crippen LogP contribution in [0.1, 0.15) is 25.8 Å². The van der Waals surface area contributed by atoms with Crippen LogP contribution in [0.25, 0.3) is 0 Å². The van der Waals surface area contributed by atoms with Gasteiger partial charge in [0.05, 0.1) is 11.4 Å². The molecule has 1 aliphatic rings. The molecule has 0 saturated carbocycles. The predicted molar refractivity (Wildman–Crippen MR) is 96.2 cm³/mol. The van der Waals surface area contributed by atoms with Crippen molar-refractivity contribution in [2.45, 2.75) is 38.3 Å². The fraction of sp³-hybridized carbons (Fsp3) is 0.611. The highest BCUT2D eigenvalue weighted by atomic mass is 32.2. The molecule has 26 heavy (non-hydrogen) atoms. The monoisotopic (exact) mass is 392 g/mol. The molecule has 1 amide bonds. The van der Waals surface area contributed by atoms with E-state index >= 15 is 0 Å². The van der Waals surface area contributed by atoms with E-state index in [1.54, 1.807) is 16.7 Å². The van der Waals surface area contributed by atoms with Crippen LogP contribution in [0.4, 0.5) is 23.2 Å². The van der Waals surface area contributed by atoms with Crippen molar-refractivity contribution in [1.82, 2.24) is 4.90 Å². The largest absolute Gasteiger partial charge is 0.398 e. The number of thioether (sulfide) groups is 1. The van der Waals surface area contributed by atoms with E-state index in [4.69, 9.17) is 0 Å². The number of halogens is 4. The van der Waals surface area contributed by atoms with Crippen molar-refractivity contribution in [1.29, 1.82) is 0 Å². The number of rotatable bonds is 5. The average molecular weight is 392 g/mol. The molecule has 1 fully saturated rings. The van der Waals surface area contributed by atoms with Crippen LogP contribution in [0.5, 0.6) is 0 Å². The summed E-state index contributed by atoms with van der Waals surface area (Å²) in [5.74, 6) is -1.08. The molecule has 146 valence electrons. The van der Waals surface area contributed by atoms with Gasteiger partial charge in [0.1, 0.15) is 5.82 Å². The third kappa shape index (κ3) is 5.79. The number of amides is 1. The summed E-state index contributed by atoms with van der Waals surface area (Å²) in [5, 5.41) is 0. The first-order valence-corrected chi connectivity index (χ1v) is 9.58. The molecule has 1 aromatic carbocycles. The molecular weight excluding hydrogens is 368 g/mol. The summed E-state index contributed by atoms with van der Waals surface area (Å²) in [5.41, 5.74) is 0.794. The molecule has 0 N–H and O–H groups in total. The van der Waals surface area contributed by atoms with Gasteiger partial charge in [-0.3, -0.25) is 4.79 Å². The van der Waals surface area contributed by atoms with E-state index in [1.807, 2.05) is 13.8 Å².